The van der Waals surface area contributed by atoms with Crippen molar-refractivity contribution in [2.45, 2.75) is 6.92 Å². The Bertz CT molecular complexity index is 632. The number of hydrogen-bond acceptors (Lipinski definition) is 3. The number of nitrogens with one attached hydrogen (secondary N) is 1. The van der Waals surface area contributed by atoms with Crippen LogP contribution >= 0.6 is 15.9 Å². The van der Waals surface area contributed by atoms with Crippen LogP contribution in [0.1, 0.15) is 5.56 Å². The summed E-state index contributed by atoms with van der Waals surface area (Å²) in [6.07, 6.45) is 1.31. The number of ether oxygens (including phenoxy) is 1. The Labute approximate surface area is 124 Å². The molecular formula is C14H13BrN2O3. The van der Waals surface area contributed by atoms with Crippen molar-refractivity contribution in [2.75, 3.05) is 11.9 Å². The molecule has 1 N–H and O–H groups in total. The Hall–Kier alpha value is -2.08. The van der Waals surface area contributed by atoms with Crippen LogP contribution in [0.4, 0.5) is 5.69 Å². The average molecular weight is 337 g/mol. The number of amides is 1. The zero-order valence-corrected chi connectivity index (χ0v) is 12.4. The molecule has 104 valence electrons. The number of rotatable bonds is 4. The second-order valence-electron chi connectivity index (χ2n) is 4.17. The molecule has 0 fully saturated rings. The summed E-state index contributed by atoms with van der Waals surface area (Å²) in [6.45, 7) is 1.71. The van der Waals surface area contributed by atoms with Crippen molar-refractivity contribution in [3.63, 3.8) is 0 Å². The number of carbonyl (C=O) groups is 1. The quantitative estimate of drug-likeness (QED) is 0.688. The van der Waals surface area contributed by atoms with Crippen molar-refractivity contribution in [1.82, 2.24) is 0 Å². The lowest BCUT2D eigenvalue weighted by Crippen LogP contribution is -2.30. The first-order chi connectivity index (χ1) is 9.56. The zero-order valence-electron chi connectivity index (χ0n) is 10.8. The first-order valence-corrected chi connectivity index (χ1v) is 6.72. The molecule has 0 unspecified atom stereocenters. The maximum absolute atomic E-state index is 11.7. The highest BCUT2D eigenvalue weighted by Gasteiger charge is 2.09. The van der Waals surface area contributed by atoms with Crippen molar-refractivity contribution < 1.29 is 14.3 Å². The van der Waals surface area contributed by atoms with Crippen LogP contribution < -0.4 is 14.8 Å². The number of aryl methyl sites for hydroxylation is 1. The molecule has 0 spiro atoms. The topological polar surface area (TPSA) is 65.3 Å². The van der Waals surface area contributed by atoms with Gasteiger partial charge in [0.1, 0.15) is 0 Å². The Morgan fingerprint density at radius 1 is 1.40 bits per heavy atom. The molecule has 5 nitrogen and oxygen atoms in total. The first-order valence-electron chi connectivity index (χ1n) is 5.93. The summed E-state index contributed by atoms with van der Waals surface area (Å²) in [5.41, 5.74) is 1.70. The van der Waals surface area contributed by atoms with E-state index in [2.05, 4.69) is 21.2 Å². The van der Waals surface area contributed by atoms with Gasteiger partial charge in [-0.25, -0.2) is 0 Å². The summed E-state index contributed by atoms with van der Waals surface area (Å²) in [6, 6.07) is 10.2. The van der Waals surface area contributed by atoms with Crippen LogP contribution in [0.15, 0.2) is 47.1 Å². The number of benzene rings is 1. The maximum Gasteiger partial charge on any atom is 0.379 e. The summed E-state index contributed by atoms with van der Waals surface area (Å²) in [7, 11) is 0. The number of pyridine rings is 1. The van der Waals surface area contributed by atoms with Gasteiger partial charge in [0.05, 0.1) is 6.07 Å². The summed E-state index contributed by atoms with van der Waals surface area (Å²) in [5, 5.41) is 14.0. The Balaban J connectivity index is 1.93. The third kappa shape index (κ3) is 3.71. The van der Waals surface area contributed by atoms with Crippen LogP contribution in [-0.4, -0.2) is 12.5 Å². The van der Waals surface area contributed by atoms with Gasteiger partial charge in [0.15, 0.2) is 12.8 Å². The normalized spacial score (nSPS) is 10.1. The lowest BCUT2D eigenvalue weighted by molar-refractivity contribution is -0.612. The number of halogens is 1. The maximum atomic E-state index is 11.7. The van der Waals surface area contributed by atoms with E-state index in [9.17, 15) is 10.0 Å². The van der Waals surface area contributed by atoms with Crippen molar-refractivity contribution in [2.24, 2.45) is 0 Å². The SMILES string of the molecule is Cc1cc(NC(=O)COc2cccc[n+]2[O-])ccc1Br. The molecule has 1 amide bonds. The van der Waals surface area contributed by atoms with E-state index in [1.54, 1.807) is 18.2 Å². The van der Waals surface area contributed by atoms with Crippen LogP contribution in [0.5, 0.6) is 5.88 Å². The summed E-state index contributed by atoms with van der Waals surface area (Å²) >= 11 is 3.39. The highest BCUT2D eigenvalue weighted by molar-refractivity contribution is 9.10. The fraction of sp³-hybridized carbons (Fsp3) is 0.143. The van der Waals surface area contributed by atoms with Crippen LogP contribution in [0.25, 0.3) is 0 Å². The number of anilines is 1. The lowest BCUT2D eigenvalue weighted by atomic mass is 10.2. The van der Waals surface area contributed by atoms with Gasteiger partial charge in [-0.15, -0.1) is 4.73 Å². The fourth-order valence-electron chi connectivity index (χ4n) is 1.58. The monoisotopic (exact) mass is 336 g/mol. The summed E-state index contributed by atoms with van der Waals surface area (Å²) < 4.78 is 6.70. The summed E-state index contributed by atoms with van der Waals surface area (Å²) in [5.74, 6) is -0.231. The average Bonchev–Trinajstić information content (AvgIpc) is 2.42. The molecule has 1 aromatic carbocycles. The Kier molecular flexibility index (Phi) is 4.57. The lowest BCUT2D eigenvalue weighted by Gasteiger charge is -2.08. The van der Waals surface area contributed by atoms with Crippen LogP contribution in [0.2, 0.25) is 0 Å². The first kappa shape index (κ1) is 14.3. The second-order valence-corrected chi connectivity index (χ2v) is 5.02. The van der Waals surface area contributed by atoms with Gasteiger partial charge in [0, 0.05) is 16.2 Å². The number of nitrogens with zero attached hydrogens (tertiary/aromatic N) is 1. The smallest absolute Gasteiger partial charge is 0.379 e. The van der Waals surface area contributed by atoms with E-state index in [4.69, 9.17) is 4.74 Å². The predicted octanol–water partition coefficient (Wildman–Crippen LogP) is 2.41. The highest BCUT2D eigenvalue weighted by atomic mass is 79.9. The third-order valence-corrected chi connectivity index (χ3v) is 3.47. The van der Waals surface area contributed by atoms with E-state index in [0.29, 0.717) is 10.4 Å². The molecule has 20 heavy (non-hydrogen) atoms. The van der Waals surface area contributed by atoms with E-state index in [1.165, 1.54) is 12.3 Å². The number of aromatic nitrogens is 1. The second kappa shape index (κ2) is 6.38. The van der Waals surface area contributed by atoms with Gasteiger partial charge in [0.2, 0.25) is 0 Å². The minimum absolute atomic E-state index is 0.0923. The van der Waals surface area contributed by atoms with Gasteiger partial charge < -0.3 is 15.3 Å². The van der Waals surface area contributed by atoms with Crippen LogP contribution in [0.3, 0.4) is 0 Å². The standard InChI is InChI=1S/C14H13BrN2O3/c1-10-8-11(5-6-12(10)15)16-13(18)9-20-14-4-2-3-7-17(14)19/h2-8H,9H2,1H3,(H,16,18). The van der Waals surface area contributed by atoms with Gasteiger partial charge in [-0.2, -0.15) is 0 Å². The molecule has 0 saturated carbocycles. The molecule has 0 aliphatic carbocycles. The Morgan fingerprint density at radius 3 is 2.90 bits per heavy atom. The van der Waals surface area contributed by atoms with Gasteiger partial charge >= 0.3 is 5.88 Å². The largest absolute Gasteiger partial charge is 0.616 e. The van der Waals surface area contributed by atoms with Crippen molar-refractivity contribution in [3.05, 3.63) is 57.8 Å². The van der Waals surface area contributed by atoms with E-state index in [0.717, 1.165) is 10.0 Å². The zero-order chi connectivity index (χ0) is 14.5. The molecule has 0 aliphatic heterocycles. The number of carbonyl (C=O) groups excluding carboxylic acids is 1. The molecule has 2 rings (SSSR count). The van der Waals surface area contributed by atoms with E-state index in [-0.39, 0.29) is 18.4 Å². The van der Waals surface area contributed by atoms with E-state index < -0.39 is 0 Å². The predicted molar refractivity (Wildman–Crippen MR) is 78.4 cm³/mol. The molecule has 1 heterocycles. The molecule has 0 radical (unpaired) electrons. The molecule has 0 aliphatic rings. The molecule has 0 saturated heterocycles. The molecule has 2 aromatic rings. The van der Waals surface area contributed by atoms with Crippen molar-refractivity contribution in [3.8, 4) is 5.88 Å². The van der Waals surface area contributed by atoms with Crippen LogP contribution in [0, 0.1) is 12.1 Å². The molecule has 0 atom stereocenters. The highest BCUT2D eigenvalue weighted by Crippen LogP contribution is 2.19. The third-order valence-electron chi connectivity index (χ3n) is 2.58. The van der Waals surface area contributed by atoms with Gasteiger partial charge in [-0.3, -0.25) is 4.79 Å². The molecule has 1 aromatic heterocycles. The van der Waals surface area contributed by atoms with Gasteiger partial charge in [-0.1, -0.05) is 15.9 Å². The summed E-state index contributed by atoms with van der Waals surface area (Å²) in [4.78, 5) is 11.7. The van der Waals surface area contributed by atoms with Gasteiger partial charge in [-0.05, 0) is 36.8 Å². The van der Waals surface area contributed by atoms with Crippen molar-refractivity contribution >= 4 is 27.5 Å². The minimum Gasteiger partial charge on any atom is -0.616 e. The molecular weight excluding hydrogens is 324 g/mol. The fourth-order valence-corrected chi connectivity index (χ4v) is 1.83. The van der Waals surface area contributed by atoms with Crippen LogP contribution in [-0.2, 0) is 4.79 Å². The Morgan fingerprint density at radius 2 is 2.20 bits per heavy atom. The minimum atomic E-state index is -0.324. The van der Waals surface area contributed by atoms with E-state index >= 15 is 0 Å². The molecule has 0 bridgehead atoms. The number of hydrogen-bond donors (Lipinski definition) is 1. The van der Waals surface area contributed by atoms with Gasteiger partial charge in [0.25, 0.3) is 5.91 Å². The van der Waals surface area contributed by atoms with E-state index in [1.807, 2.05) is 19.1 Å². The van der Waals surface area contributed by atoms with Crippen molar-refractivity contribution in [1.29, 1.82) is 0 Å². The molecule has 6 heteroatoms.